The van der Waals surface area contributed by atoms with Crippen molar-refractivity contribution in [1.82, 2.24) is 9.80 Å². The number of benzene rings is 1. The van der Waals surface area contributed by atoms with E-state index in [1.807, 2.05) is 36.1 Å². The van der Waals surface area contributed by atoms with Crippen LogP contribution in [0.25, 0.3) is 0 Å². The molecule has 1 aromatic carbocycles. The summed E-state index contributed by atoms with van der Waals surface area (Å²) >= 11 is 3.40. The maximum Gasteiger partial charge on any atom is 0.317 e. The molecular weight excluding hydrogens is 410 g/mol. The number of carboxylic acids is 1. The summed E-state index contributed by atoms with van der Waals surface area (Å²) in [6, 6.07) is 7.44. The van der Waals surface area contributed by atoms with Crippen molar-refractivity contribution in [2.45, 2.75) is 31.8 Å². The highest BCUT2D eigenvalue weighted by molar-refractivity contribution is 9.10. The Morgan fingerprint density at radius 3 is 2.32 bits per heavy atom. The van der Waals surface area contributed by atoms with Gasteiger partial charge in [0.1, 0.15) is 6.04 Å². The van der Waals surface area contributed by atoms with E-state index in [9.17, 15) is 9.59 Å². The molecule has 6 nitrogen and oxygen atoms in total. The minimum absolute atomic E-state index is 0. The summed E-state index contributed by atoms with van der Waals surface area (Å²) < 4.78 is 0.959. The molecule has 0 saturated carbocycles. The van der Waals surface area contributed by atoms with E-state index in [1.54, 1.807) is 0 Å². The number of likely N-dealkylation sites (tertiary alicyclic amines) is 1. The molecule has 0 bridgehead atoms. The first-order chi connectivity index (χ1) is 11.4. The average Bonchev–Trinajstić information content (AvgIpc) is 2.55. The van der Waals surface area contributed by atoms with Crippen molar-refractivity contribution in [2.75, 3.05) is 26.2 Å². The van der Waals surface area contributed by atoms with E-state index in [-0.39, 0.29) is 30.9 Å². The summed E-state index contributed by atoms with van der Waals surface area (Å²) in [7, 11) is 0. The molecule has 1 saturated heterocycles. The van der Waals surface area contributed by atoms with Gasteiger partial charge >= 0.3 is 5.97 Å². The third-order valence-corrected chi connectivity index (χ3v) is 5.11. The van der Waals surface area contributed by atoms with Gasteiger partial charge in [0.25, 0.3) is 0 Å². The average molecular weight is 435 g/mol. The molecule has 1 aliphatic rings. The normalized spacial score (nSPS) is 17.1. The number of carbonyl (C=O) groups excluding carboxylic acids is 1. The maximum atomic E-state index is 12.0. The van der Waals surface area contributed by atoms with Gasteiger partial charge in [0, 0.05) is 23.6 Å². The van der Waals surface area contributed by atoms with E-state index in [1.165, 1.54) is 0 Å². The number of likely N-dealkylation sites (N-methyl/N-ethyl adjacent to an activating group) is 1. The molecule has 3 N–H and O–H groups in total. The molecule has 2 rings (SSSR count). The number of nitrogens with two attached hydrogens (primary N) is 1. The van der Waals surface area contributed by atoms with Gasteiger partial charge in [-0.15, -0.1) is 12.4 Å². The Labute approximate surface area is 162 Å². The number of hydrogen-bond donors (Lipinski definition) is 2. The topological polar surface area (TPSA) is 86.9 Å². The molecule has 1 unspecified atom stereocenters. The monoisotopic (exact) mass is 433 g/mol. The number of primary amides is 1. The van der Waals surface area contributed by atoms with Crippen LogP contribution in [0.3, 0.4) is 0 Å². The van der Waals surface area contributed by atoms with Gasteiger partial charge in [-0.3, -0.25) is 19.4 Å². The van der Waals surface area contributed by atoms with Crippen molar-refractivity contribution in [2.24, 2.45) is 5.73 Å². The lowest BCUT2D eigenvalue weighted by Crippen LogP contribution is -2.49. The number of carboxylic acid groups (broad SMARTS) is 1. The molecule has 1 heterocycles. The first-order valence-electron chi connectivity index (χ1n) is 8.17. The molecule has 140 valence electrons. The van der Waals surface area contributed by atoms with Crippen molar-refractivity contribution in [3.05, 3.63) is 34.3 Å². The molecule has 25 heavy (non-hydrogen) atoms. The number of aliphatic carboxylic acids is 1. The predicted molar refractivity (Wildman–Crippen MR) is 103 cm³/mol. The van der Waals surface area contributed by atoms with Gasteiger partial charge in [-0.25, -0.2) is 0 Å². The Balaban J connectivity index is 0.00000312. The van der Waals surface area contributed by atoms with E-state index >= 15 is 0 Å². The Morgan fingerprint density at radius 2 is 1.88 bits per heavy atom. The molecule has 0 spiro atoms. The summed E-state index contributed by atoms with van der Waals surface area (Å²) in [6.07, 6.45) is 1.67. The van der Waals surface area contributed by atoms with Gasteiger partial charge in [0.2, 0.25) is 5.91 Å². The minimum Gasteiger partial charge on any atom is -0.480 e. The van der Waals surface area contributed by atoms with Gasteiger partial charge in [0.15, 0.2) is 0 Å². The van der Waals surface area contributed by atoms with Gasteiger partial charge in [-0.2, -0.15) is 0 Å². The zero-order valence-corrected chi connectivity index (χ0v) is 16.6. The van der Waals surface area contributed by atoms with E-state index in [0.29, 0.717) is 6.54 Å². The second-order valence-electron chi connectivity index (χ2n) is 6.08. The number of hydrogen-bond acceptors (Lipinski definition) is 4. The summed E-state index contributed by atoms with van der Waals surface area (Å²) in [5.74, 6) is -1.15. The lowest BCUT2D eigenvalue weighted by molar-refractivity contribution is -0.139. The van der Waals surface area contributed by atoms with Crippen LogP contribution in [0.4, 0.5) is 0 Å². The number of nitrogens with zero attached hydrogens (tertiary/aromatic N) is 2. The number of rotatable bonds is 7. The summed E-state index contributed by atoms with van der Waals surface area (Å²) in [5.41, 5.74) is 6.53. The maximum absolute atomic E-state index is 12.0. The quantitative estimate of drug-likeness (QED) is 0.687. The smallest absolute Gasteiger partial charge is 0.317 e. The molecule has 1 atom stereocenters. The van der Waals surface area contributed by atoms with Crippen molar-refractivity contribution in [1.29, 1.82) is 0 Å². The predicted octanol–water partition coefficient (Wildman–Crippen LogP) is 2.27. The summed E-state index contributed by atoms with van der Waals surface area (Å²) in [4.78, 5) is 27.0. The molecule has 8 heteroatoms. The van der Waals surface area contributed by atoms with Crippen LogP contribution in [0.15, 0.2) is 28.7 Å². The number of piperidine rings is 1. The van der Waals surface area contributed by atoms with Crippen LogP contribution in [0, 0.1) is 0 Å². The SMILES string of the molecule is CCN(CC(=O)O)C1CCN(C(C(N)=O)c2ccc(Br)cc2)CC1.Cl. The van der Waals surface area contributed by atoms with E-state index in [4.69, 9.17) is 10.8 Å². The first-order valence-corrected chi connectivity index (χ1v) is 8.96. The third-order valence-electron chi connectivity index (χ3n) is 4.58. The second-order valence-corrected chi connectivity index (χ2v) is 7.00. The Bertz CT molecular complexity index is 577. The van der Waals surface area contributed by atoms with Crippen molar-refractivity contribution in [3.63, 3.8) is 0 Å². The molecule has 0 aromatic heterocycles. The van der Waals surface area contributed by atoms with Crippen LogP contribution in [-0.4, -0.2) is 59.0 Å². The van der Waals surface area contributed by atoms with Gasteiger partial charge in [0.05, 0.1) is 6.54 Å². The summed E-state index contributed by atoms with van der Waals surface area (Å²) in [6.45, 7) is 4.20. The van der Waals surface area contributed by atoms with Crippen LogP contribution in [0.1, 0.15) is 31.4 Å². The fraction of sp³-hybridized carbons (Fsp3) is 0.529. The Hall–Kier alpha value is -1.15. The lowest BCUT2D eigenvalue weighted by Gasteiger charge is -2.40. The molecule has 1 fully saturated rings. The molecule has 0 radical (unpaired) electrons. The van der Waals surface area contributed by atoms with E-state index < -0.39 is 12.0 Å². The van der Waals surface area contributed by atoms with Gasteiger partial charge < -0.3 is 10.8 Å². The molecule has 1 amide bonds. The third kappa shape index (κ3) is 5.95. The highest BCUT2D eigenvalue weighted by Gasteiger charge is 2.31. The molecular formula is C17H25BrClN3O3. The van der Waals surface area contributed by atoms with Crippen LogP contribution in [0.2, 0.25) is 0 Å². The fourth-order valence-electron chi connectivity index (χ4n) is 3.38. The fourth-order valence-corrected chi connectivity index (χ4v) is 3.65. The second kappa shape index (κ2) is 10.1. The largest absolute Gasteiger partial charge is 0.480 e. The van der Waals surface area contributed by atoms with E-state index in [0.717, 1.165) is 36.0 Å². The van der Waals surface area contributed by atoms with Crippen molar-refractivity contribution < 1.29 is 14.7 Å². The number of halogens is 2. The van der Waals surface area contributed by atoms with Crippen LogP contribution >= 0.6 is 28.3 Å². The summed E-state index contributed by atoms with van der Waals surface area (Å²) in [5, 5.41) is 9.01. The Kier molecular flexibility index (Phi) is 8.85. The first kappa shape index (κ1) is 21.9. The molecule has 1 aromatic rings. The number of amides is 1. The highest BCUT2D eigenvalue weighted by Crippen LogP contribution is 2.27. The van der Waals surface area contributed by atoms with Gasteiger partial charge in [-0.1, -0.05) is 35.0 Å². The number of carbonyl (C=O) groups is 2. The zero-order chi connectivity index (χ0) is 17.7. The molecule has 1 aliphatic heterocycles. The van der Waals surface area contributed by atoms with E-state index in [2.05, 4.69) is 20.8 Å². The van der Waals surface area contributed by atoms with Crippen LogP contribution in [0.5, 0.6) is 0 Å². The van der Waals surface area contributed by atoms with Crippen LogP contribution < -0.4 is 5.73 Å². The van der Waals surface area contributed by atoms with Crippen molar-refractivity contribution >= 4 is 40.2 Å². The standard InChI is InChI=1S/C17H24BrN3O3.ClH/c1-2-20(11-15(22)23)14-7-9-21(10-8-14)16(17(19)24)12-3-5-13(18)6-4-12;/h3-6,14,16H,2,7-11H2,1H3,(H2,19,24)(H,22,23);1H. The van der Waals surface area contributed by atoms with Crippen molar-refractivity contribution in [3.8, 4) is 0 Å². The molecule has 0 aliphatic carbocycles. The minimum atomic E-state index is -0.802. The highest BCUT2D eigenvalue weighted by atomic mass is 79.9. The Morgan fingerprint density at radius 1 is 1.32 bits per heavy atom. The zero-order valence-electron chi connectivity index (χ0n) is 14.2. The lowest BCUT2D eigenvalue weighted by atomic mass is 9.98. The van der Waals surface area contributed by atoms with Gasteiger partial charge in [-0.05, 0) is 37.1 Å². The van der Waals surface area contributed by atoms with Crippen LogP contribution in [-0.2, 0) is 9.59 Å².